The maximum atomic E-state index is 11.5. The number of amides is 1. The second-order valence-electron chi connectivity index (χ2n) is 3.77. The zero-order chi connectivity index (χ0) is 12.1. The molecular formula is C13H16ClN3O. The standard InChI is InChI=1S/C13H15N3O.ClH/c1-2-8-16-12(17)10-15-13(16)14-9-11-6-4-3-5-7-11;/h2-7H,1,8-10H2,(H,14,15);1H. The van der Waals surface area contributed by atoms with Gasteiger partial charge in [0.05, 0.1) is 0 Å². The van der Waals surface area contributed by atoms with Crippen LogP contribution >= 0.6 is 12.4 Å². The predicted molar refractivity (Wildman–Crippen MR) is 74.7 cm³/mol. The van der Waals surface area contributed by atoms with Crippen LogP contribution in [0.3, 0.4) is 0 Å². The molecule has 96 valence electrons. The van der Waals surface area contributed by atoms with Crippen LogP contribution in [0.25, 0.3) is 0 Å². The fraction of sp³-hybridized carbons (Fsp3) is 0.231. The fourth-order valence-electron chi connectivity index (χ4n) is 1.68. The van der Waals surface area contributed by atoms with Crippen LogP contribution in [0.1, 0.15) is 5.56 Å². The number of aliphatic imine (C=N–C) groups is 1. The molecule has 1 aliphatic heterocycles. The minimum atomic E-state index is 0. The summed E-state index contributed by atoms with van der Waals surface area (Å²) >= 11 is 0. The zero-order valence-electron chi connectivity index (χ0n) is 10.0. The first-order valence-corrected chi connectivity index (χ1v) is 5.55. The molecule has 0 aliphatic carbocycles. The number of guanidine groups is 1. The first kappa shape index (κ1) is 14.3. The van der Waals surface area contributed by atoms with Gasteiger partial charge in [0, 0.05) is 13.1 Å². The summed E-state index contributed by atoms with van der Waals surface area (Å²) in [7, 11) is 0. The number of rotatable bonds is 4. The summed E-state index contributed by atoms with van der Waals surface area (Å²) in [6.45, 7) is 5.03. The van der Waals surface area contributed by atoms with Crippen LogP contribution in [0.15, 0.2) is 48.0 Å². The van der Waals surface area contributed by atoms with Crippen molar-refractivity contribution in [2.75, 3.05) is 13.1 Å². The lowest BCUT2D eigenvalue weighted by molar-refractivity contribution is -0.124. The minimum absolute atomic E-state index is 0. The summed E-state index contributed by atoms with van der Waals surface area (Å²) in [5.41, 5.74) is 1.16. The van der Waals surface area contributed by atoms with Gasteiger partial charge >= 0.3 is 0 Å². The fourth-order valence-corrected chi connectivity index (χ4v) is 1.68. The molecule has 0 unspecified atom stereocenters. The molecule has 1 amide bonds. The Kier molecular flexibility index (Phi) is 5.39. The molecule has 0 bridgehead atoms. The third-order valence-electron chi connectivity index (χ3n) is 2.53. The average molecular weight is 266 g/mol. The van der Waals surface area contributed by atoms with Gasteiger partial charge in [-0.05, 0) is 5.56 Å². The van der Waals surface area contributed by atoms with Crippen LogP contribution < -0.4 is 5.32 Å². The van der Waals surface area contributed by atoms with Gasteiger partial charge in [-0.25, -0.2) is 4.99 Å². The SMILES string of the molecule is C=CCN1C(=O)CN=C1NCc1ccccc1.Cl. The molecule has 1 heterocycles. The largest absolute Gasteiger partial charge is 0.352 e. The quantitative estimate of drug-likeness (QED) is 0.840. The normalized spacial score (nSPS) is 13.9. The van der Waals surface area contributed by atoms with Crippen LogP contribution in [-0.2, 0) is 11.3 Å². The molecule has 0 aromatic heterocycles. The number of nitrogens with one attached hydrogen (secondary N) is 1. The Morgan fingerprint density at radius 2 is 2.11 bits per heavy atom. The average Bonchev–Trinajstić information content (AvgIpc) is 2.70. The number of hydrogen-bond donors (Lipinski definition) is 1. The van der Waals surface area contributed by atoms with Crippen molar-refractivity contribution in [2.24, 2.45) is 4.99 Å². The second kappa shape index (κ2) is 6.81. The van der Waals surface area contributed by atoms with E-state index in [1.165, 1.54) is 0 Å². The molecule has 0 radical (unpaired) electrons. The van der Waals surface area contributed by atoms with Gasteiger partial charge < -0.3 is 5.32 Å². The van der Waals surface area contributed by atoms with Crippen molar-refractivity contribution in [3.63, 3.8) is 0 Å². The van der Waals surface area contributed by atoms with Gasteiger partial charge in [-0.15, -0.1) is 19.0 Å². The molecule has 4 nitrogen and oxygen atoms in total. The minimum Gasteiger partial charge on any atom is -0.352 e. The van der Waals surface area contributed by atoms with Crippen LogP contribution in [0.5, 0.6) is 0 Å². The van der Waals surface area contributed by atoms with Crippen molar-refractivity contribution >= 4 is 24.3 Å². The number of halogens is 1. The van der Waals surface area contributed by atoms with Crippen molar-refractivity contribution < 1.29 is 4.79 Å². The number of benzene rings is 1. The molecule has 0 spiro atoms. The molecule has 0 fully saturated rings. The highest BCUT2D eigenvalue weighted by atomic mass is 35.5. The van der Waals surface area contributed by atoms with E-state index < -0.39 is 0 Å². The van der Waals surface area contributed by atoms with E-state index in [2.05, 4.69) is 16.9 Å². The monoisotopic (exact) mass is 265 g/mol. The highest BCUT2D eigenvalue weighted by Gasteiger charge is 2.23. The van der Waals surface area contributed by atoms with Gasteiger partial charge in [0.2, 0.25) is 5.96 Å². The second-order valence-corrected chi connectivity index (χ2v) is 3.77. The van der Waals surface area contributed by atoms with Crippen molar-refractivity contribution in [3.8, 4) is 0 Å². The van der Waals surface area contributed by atoms with Gasteiger partial charge in [0.25, 0.3) is 5.91 Å². The first-order valence-electron chi connectivity index (χ1n) is 5.55. The predicted octanol–water partition coefficient (Wildman–Crippen LogP) is 1.58. The molecule has 1 aromatic rings. The molecular weight excluding hydrogens is 250 g/mol. The Bertz CT molecular complexity index is 445. The topological polar surface area (TPSA) is 44.7 Å². The highest BCUT2D eigenvalue weighted by Crippen LogP contribution is 2.03. The van der Waals surface area contributed by atoms with Crippen LogP contribution in [0, 0.1) is 0 Å². The Balaban J connectivity index is 0.00000162. The summed E-state index contributed by atoms with van der Waals surface area (Å²) in [6.07, 6.45) is 1.70. The Morgan fingerprint density at radius 3 is 2.78 bits per heavy atom. The van der Waals surface area contributed by atoms with E-state index in [0.717, 1.165) is 5.56 Å². The number of hydrogen-bond acceptors (Lipinski definition) is 3. The zero-order valence-corrected chi connectivity index (χ0v) is 10.8. The smallest absolute Gasteiger partial charge is 0.251 e. The van der Waals surface area contributed by atoms with E-state index >= 15 is 0 Å². The van der Waals surface area contributed by atoms with Gasteiger partial charge in [0.1, 0.15) is 6.54 Å². The van der Waals surface area contributed by atoms with E-state index in [1.54, 1.807) is 11.0 Å². The van der Waals surface area contributed by atoms with Gasteiger partial charge in [-0.1, -0.05) is 36.4 Å². The molecule has 0 saturated heterocycles. The maximum Gasteiger partial charge on any atom is 0.251 e. The number of nitrogens with zero attached hydrogens (tertiary/aromatic N) is 2. The molecule has 0 atom stereocenters. The maximum absolute atomic E-state index is 11.5. The summed E-state index contributed by atoms with van der Waals surface area (Å²) in [6, 6.07) is 10.0. The molecule has 0 saturated carbocycles. The van der Waals surface area contributed by atoms with Crippen LogP contribution in [0.4, 0.5) is 0 Å². The molecule has 1 N–H and O–H groups in total. The van der Waals surface area contributed by atoms with E-state index in [9.17, 15) is 4.79 Å². The van der Waals surface area contributed by atoms with Crippen molar-refractivity contribution in [1.82, 2.24) is 10.2 Å². The third kappa shape index (κ3) is 3.34. The van der Waals surface area contributed by atoms with E-state index in [-0.39, 0.29) is 24.9 Å². The molecule has 1 aliphatic rings. The van der Waals surface area contributed by atoms with E-state index in [1.807, 2.05) is 30.3 Å². The summed E-state index contributed by atoms with van der Waals surface area (Å²) < 4.78 is 0. The lowest BCUT2D eigenvalue weighted by Gasteiger charge is -2.17. The summed E-state index contributed by atoms with van der Waals surface area (Å²) in [5.74, 6) is 0.652. The van der Waals surface area contributed by atoms with Gasteiger partial charge in [-0.3, -0.25) is 9.69 Å². The van der Waals surface area contributed by atoms with E-state index in [0.29, 0.717) is 19.0 Å². The van der Waals surface area contributed by atoms with E-state index in [4.69, 9.17) is 0 Å². The van der Waals surface area contributed by atoms with Gasteiger partial charge in [-0.2, -0.15) is 0 Å². The lowest BCUT2D eigenvalue weighted by Crippen LogP contribution is -2.40. The molecule has 2 rings (SSSR count). The highest BCUT2D eigenvalue weighted by molar-refractivity contribution is 6.03. The molecule has 18 heavy (non-hydrogen) atoms. The van der Waals surface area contributed by atoms with Crippen LogP contribution in [0.2, 0.25) is 0 Å². The van der Waals surface area contributed by atoms with Crippen LogP contribution in [-0.4, -0.2) is 29.9 Å². The number of carbonyl (C=O) groups is 1. The van der Waals surface area contributed by atoms with Crippen molar-refractivity contribution in [3.05, 3.63) is 48.6 Å². The third-order valence-corrected chi connectivity index (χ3v) is 2.53. The molecule has 1 aromatic carbocycles. The first-order chi connectivity index (χ1) is 8.31. The lowest BCUT2D eigenvalue weighted by atomic mass is 10.2. The number of carbonyl (C=O) groups excluding carboxylic acids is 1. The van der Waals surface area contributed by atoms with Crippen molar-refractivity contribution in [1.29, 1.82) is 0 Å². The summed E-state index contributed by atoms with van der Waals surface area (Å²) in [4.78, 5) is 17.3. The Labute approximate surface area is 113 Å². The van der Waals surface area contributed by atoms with Gasteiger partial charge in [0.15, 0.2) is 0 Å². The summed E-state index contributed by atoms with van der Waals surface area (Å²) in [5, 5.41) is 3.17. The Hall–Kier alpha value is -1.81. The molecule has 5 heteroatoms. The van der Waals surface area contributed by atoms with Crippen molar-refractivity contribution in [2.45, 2.75) is 6.54 Å². The Morgan fingerprint density at radius 1 is 1.39 bits per heavy atom.